The fraction of sp³-hybridized carbons (Fsp3) is 0.380. The molecule has 0 bridgehead atoms. The molecule has 46 heteroatoms. The van der Waals surface area contributed by atoms with Crippen LogP contribution >= 0.6 is 45.5 Å². The van der Waals surface area contributed by atoms with E-state index in [-0.39, 0.29) is 0 Å². The quantitative estimate of drug-likeness (QED) is 0.0202. The smallest absolute Gasteiger partial charge is 0.253 e. The van der Waals surface area contributed by atoms with Crippen molar-refractivity contribution in [2.75, 3.05) is 127 Å². The fourth-order valence-electron chi connectivity index (χ4n) is 16.5. The van der Waals surface area contributed by atoms with Crippen molar-refractivity contribution in [3.05, 3.63) is 187 Å². The normalized spacial score (nSPS) is 15.2. The van der Waals surface area contributed by atoms with Crippen LogP contribution in [0.15, 0.2) is 154 Å². The Kier molecular flexibility index (Phi) is 28.7. The van der Waals surface area contributed by atoms with Gasteiger partial charge in [0, 0.05) is 173 Å². The number of sulfonamides is 3. The summed E-state index contributed by atoms with van der Waals surface area (Å²) >= 11 is 5.08. The Morgan fingerprint density at radius 2 is 0.855 bits per heavy atom. The second-order valence-corrected chi connectivity index (χ2v) is 45.4. The number of ether oxygens (including phenoxy) is 1. The summed E-state index contributed by atoms with van der Waals surface area (Å²) in [6, 6.07) is 7.65. The minimum Gasteiger partial charge on any atom is -0.379 e. The van der Waals surface area contributed by atoms with Crippen molar-refractivity contribution in [3.8, 4) is 45.0 Å². The molecule has 0 radical (unpaired) electrons. The van der Waals surface area contributed by atoms with E-state index in [0.717, 1.165) is 185 Å². The highest BCUT2D eigenvalue weighted by atomic mass is 32.3. The summed E-state index contributed by atoms with van der Waals surface area (Å²) in [6.45, 7) is 22.9. The lowest BCUT2D eigenvalue weighted by molar-refractivity contribution is 0.0731. The van der Waals surface area contributed by atoms with E-state index >= 15 is 0 Å². The van der Waals surface area contributed by atoms with Gasteiger partial charge in [0.05, 0.1) is 129 Å². The van der Waals surface area contributed by atoms with E-state index in [1.54, 1.807) is 25.7 Å². The molecule has 0 unspecified atom stereocenters. The van der Waals surface area contributed by atoms with Crippen LogP contribution in [0.25, 0.3) is 84.3 Å². The van der Waals surface area contributed by atoms with Crippen molar-refractivity contribution in [2.45, 2.75) is 106 Å². The molecule has 39 nitrogen and oxygen atoms in total. The molecule has 0 atom stereocenters. The minimum absolute atomic E-state index is 0.320. The first-order chi connectivity index (χ1) is 66.5. The van der Waals surface area contributed by atoms with E-state index in [2.05, 4.69) is 136 Å². The maximum atomic E-state index is 13.3. The van der Waals surface area contributed by atoms with Crippen molar-refractivity contribution < 1.29 is 30.0 Å². The lowest BCUT2D eigenvalue weighted by Crippen LogP contribution is -2.40. The van der Waals surface area contributed by atoms with Crippen LogP contribution in [-0.4, -0.2) is 245 Å². The molecule has 724 valence electrons. The molecule has 16 aromatic heterocycles. The maximum absolute atomic E-state index is 13.3. The molecule has 8 N–H and O–H groups in total. The Balaban J connectivity index is 0.000000122. The summed E-state index contributed by atoms with van der Waals surface area (Å²) in [5, 5.41) is 47.6. The first-order valence-corrected chi connectivity index (χ1v) is 53.3. The Labute approximate surface area is 816 Å². The van der Waals surface area contributed by atoms with E-state index in [9.17, 15) is 25.3 Å². The van der Waals surface area contributed by atoms with Gasteiger partial charge in [0.15, 0.2) is 45.9 Å². The van der Waals surface area contributed by atoms with Crippen LogP contribution in [0.3, 0.4) is 0 Å². The van der Waals surface area contributed by atoms with Crippen LogP contribution in [0.1, 0.15) is 111 Å². The molecule has 1 aliphatic carbocycles. The summed E-state index contributed by atoms with van der Waals surface area (Å²) in [6.07, 6.45) is 43.5. The van der Waals surface area contributed by atoms with Crippen molar-refractivity contribution in [3.63, 3.8) is 0 Å². The molecule has 4 aliphatic heterocycles. The number of rotatable bonds is 29. The SMILES string of the molecule is CC(C)c1cc(Nc2nc(C3=CCCNC3)cn3c(-c4cnn(C)c4)cnc23)sn1.CCN(CC)S(=O)(=O)c1sc(Nc2nc(C3=CCCNC3)cn3c(-c4cnn(C)c4)cnc23)cc1C.Cc1cc(Nc2nc(C3=CCCNC3)cn3c(-c4cnn(C)c4)cnc23)sc1S(=O)(=O)N1CCOCC1.Cc1cc(Nc2nc(CCNCC3CC3)cn3c(-c4cnn(C)c4)cnc23)sc1S(=O)(=O)N(C)C. The van der Waals surface area contributed by atoms with Gasteiger partial charge in [0.1, 0.15) is 17.6 Å². The van der Waals surface area contributed by atoms with Crippen molar-refractivity contribution in [1.82, 2.24) is 135 Å². The summed E-state index contributed by atoms with van der Waals surface area (Å²) < 4.78 is 109. The van der Waals surface area contributed by atoms with Gasteiger partial charge >= 0.3 is 0 Å². The number of hydrogen-bond acceptors (Lipinski definition) is 32. The largest absolute Gasteiger partial charge is 0.379 e. The van der Waals surface area contributed by atoms with Crippen molar-refractivity contribution in [1.29, 1.82) is 0 Å². The molecule has 0 aromatic carbocycles. The monoisotopic (exact) mass is 2000 g/mol. The van der Waals surface area contributed by atoms with E-state index < -0.39 is 30.1 Å². The third kappa shape index (κ3) is 21.0. The molecule has 0 amide bonds. The molecular formula is C92H112N32O7S7. The van der Waals surface area contributed by atoms with Gasteiger partial charge in [-0.05, 0) is 160 Å². The van der Waals surface area contributed by atoms with Crippen LogP contribution in [0.4, 0.5) is 43.3 Å². The van der Waals surface area contributed by atoms with Crippen LogP contribution < -0.4 is 42.5 Å². The Bertz CT molecular complexity index is 7600. The number of aromatic nitrogens is 21. The number of nitrogens with one attached hydrogen (secondary N) is 8. The number of imidazole rings is 4. The Hall–Kier alpha value is -12.0. The van der Waals surface area contributed by atoms with E-state index in [0.29, 0.717) is 124 Å². The first-order valence-electron chi connectivity index (χ1n) is 45.8. The van der Waals surface area contributed by atoms with Gasteiger partial charge < -0.3 is 47.3 Å². The fourth-order valence-corrected chi connectivity index (χ4v) is 26.4. The van der Waals surface area contributed by atoms with Gasteiger partial charge in [-0.3, -0.25) is 36.3 Å². The molecule has 16 aromatic rings. The molecule has 138 heavy (non-hydrogen) atoms. The number of anilines is 8. The number of nitrogens with zero attached hydrogens (tertiary/aromatic N) is 24. The summed E-state index contributed by atoms with van der Waals surface area (Å²) in [5.41, 5.74) is 20.5. The van der Waals surface area contributed by atoms with Crippen LogP contribution in [0, 0.1) is 26.7 Å². The molecule has 1 saturated heterocycles. The molecule has 2 fully saturated rings. The Morgan fingerprint density at radius 3 is 1.21 bits per heavy atom. The average molecular weight is 2000 g/mol. The van der Waals surface area contributed by atoms with Gasteiger partial charge in [-0.2, -0.15) is 33.4 Å². The van der Waals surface area contributed by atoms with Gasteiger partial charge in [-0.15, -0.1) is 34.0 Å². The zero-order chi connectivity index (χ0) is 96.4. The van der Waals surface area contributed by atoms with Crippen LogP contribution in [-0.2, 0) is 69.4 Å². The number of morpholine rings is 1. The summed E-state index contributed by atoms with van der Waals surface area (Å²) in [7, 11) is -0.0297. The molecule has 1 saturated carbocycles. The lowest BCUT2D eigenvalue weighted by atomic mass is 10.1. The lowest BCUT2D eigenvalue weighted by Gasteiger charge is -2.25. The van der Waals surface area contributed by atoms with Crippen LogP contribution in [0.5, 0.6) is 0 Å². The number of aryl methyl sites for hydroxylation is 7. The zero-order valence-corrected chi connectivity index (χ0v) is 84.7. The topological polar surface area (TPSA) is 423 Å². The highest BCUT2D eigenvalue weighted by Crippen LogP contribution is 2.42. The molecule has 20 heterocycles. The minimum atomic E-state index is -3.60. The number of hydrogen-bond donors (Lipinski definition) is 8. The summed E-state index contributed by atoms with van der Waals surface area (Å²) in [4.78, 5) is 38.3. The van der Waals surface area contributed by atoms with Gasteiger partial charge in [0.25, 0.3) is 30.1 Å². The van der Waals surface area contributed by atoms with Crippen LogP contribution in [0.2, 0.25) is 0 Å². The van der Waals surface area contributed by atoms with E-state index in [4.69, 9.17) is 24.7 Å². The van der Waals surface area contributed by atoms with Gasteiger partial charge in [-0.25, -0.2) is 69.4 Å². The number of fused-ring (bicyclic) bond motifs is 4. The highest BCUT2D eigenvalue weighted by molar-refractivity contribution is 7.92. The zero-order valence-electron chi connectivity index (χ0n) is 79.0. The molecule has 21 rings (SSSR count). The maximum Gasteiger partial charge on any atom is 0.253 e. The molecule has 5 aliphatic rings. The Morgan fingerprint density at radius 1 is 0.478 bits per heavy atom. The third-order valence-electron chi connectivity index (χ3n) is 24.0. The highest BCUT2D eigenvalue weighted by Gasteiger charge is 2.33. The van der Waals surface area contributed by atoms with Gasteiger partial charge in [-0.1, -0.05) is 45.9 Å². The molecular weight excluding hydrogens is 1890 g/mol. The first kappa shape index (κ1) is 96.3. The molecule has 0 spiro atoms. The summed E-state index contributed by atoms with van der Waals surface area (Å²) in [5.74, 6) is 3.67. The standard InChI is InChI=1S/C24H28N8O3S2.C24H30N8O2S2.C23H30N8O2S2.C21H24N8S/c1-16-10-21(36-24(16)37(33,34)31-6-8-35-9-7-31)29-22-23-26-13-20(18-12-27-30(2)14-18)32(23)15-19(28-22)17-4-3-5-25-11-17;1-5-31(6-2)36(33,34)24-16(3)10-21(35-24)29-22-23-26-13-20(18-12-27-30(4)14-18)32(23)15-19(28-22)17-8-7-9-25-11-17;1-15-9-20(34-23(15)35(32,33)29(2)3)28-21-22-25-12-19(17-11-26-30(4)13-17)31(22)14-18(27-21)7-8-24-10-16-5-6-16;1-13(2)16-7-19(30-27-16)26-20-21-23-10-18(15-9-24-28(3)11-15)29(21)12-17(25-20)14-5-4-6-22-8-14/h4,10,12-15,25H,3,5-9,11H2,1-2H3,(H,28,29);8,10,12-15,25H,5-7,9,11H2,1-4H3,(H,28,29);9,11-14,16,24H,5-8,10H2,1-4H3,(H,27,28);5,7,9-13,22H,4,6,8H2,1-3H3,(H,25,26). The second kappa shape index (κ2) is 41.2. The van der Waals surface area contributed by atoms with E-state index in [1.165, 1.54) is 91.0 Å². The third-order valence-corrected chi connectivity index (χ3v) is 35.8. The van der Waals surface area contributed by atoms with E-state index in [1.807, 2.05) is 180 Å². The average Bonchev–Trinajstić information content (AvgIpc) is 1.62. The number of thiophene rings is 3. The van der Waals surface area contributed by atoms with Crippen molar-refractivity contribution >= 4 is 158 Å². The second-order valence-electron chi connectivity index (χ2n) is 34.9. The van der Waals surface area contributed by atoms with Gasteiger partial charge in [0.2, 0.25) is 0 Å². The predicted octanol–water partition coefficient (Wildman–Crippen LogP) is 13.2. The predicted molar refractivity (Wildman–Crippen MR) is 544 cm³/mol. The van der Waals surface area contributed by atoms with Crippen molar-refractivity contribution in [2.24, 2.45) is 34.1 Å².